The first kappa shape index (κ1) is 31.3. The molecule has 0 bridgehead atoms. The van der Waals surface area contributed by atoms with Gasteiger partial charge in [0.05, 0.1) is 17.5 Å². The van der Waals surface area contributed by atoms with Crippen LogP contribution in [0.3, 0.4) is 0 Å². The summed E-state index contributed by atoms with van der Waals surface area (Å²) in [5.74, 6) is 1.31. The fourth-order valence-electron chi connectivity index (χ4n) is 6.31. The van der Waals surface area contributed by atoms with E-state index in [1.807, 2.05) is 49.4 Å². The number of benzene rings is 1. The zero-order valence-corrected chi connectivity index (χ0v) is 28.8. The van der Waals surface area contributed by atoms with E-state index < -0.39 is 13.7 Å². The summed E-state index contributed by atoms with van der Waals surface area (Å²) in [5, 5.41) is 9.28. The quantitative estimate of drug-likeness (QED) is 0.160. The number of anilines is 3. The van der Waals surface area contributed by atoms with Gasteiger partial charge in [-0.25, -0.2) is 14.5 Å². The van der Waals surface area contributed by atoms with Gasteiger partial charge < -0.3 is 29.0 Å². The number of likely N-dealkylation sites (tertiary alicyclic amines) is 1. The molecule has 2 fully saturated rings. The number of carbonyl (C=O) groups is 1. The molecule has 0 atom stereocenters. The maximum absolute atomic E-state index is 12.7. The Morgan fingerprint density at radius 3 is 2.58 bits per heavy atom. The van der Waals surface area contributed by atoms with Crippen LogP contribution in [-0.4, -0.2) is 77.2 Å². The van der Waals surface area contributed by atoms with Crippen LogP contribution in [0.1, 0.15) is 45.7 Å². The highest BCUT2D eigenvalue weighted by Crippen LogP contribution is 2.42. The number of rotatable bonds is 8. The Labute approximate surface area is 266 Å². The van der Waals surface area contributed by atoms with Gasteiger partial charge in [-0.05, 0) is 76.6 Å². The molecule has 0 unspecified atom stereocenters. The Morgan fingerprint density at radius 1 is 1.09 bits per heavy atom. The number of ether oxygens (including phenoxy) is 2. The third kappa shape index (κ3) is 7.11. The highest BCUT2D eigenvalue weighted by Gasteiger charge is 2.43. The summed E-state index contributed by atoms with van der Waals surface area (Å²) < 4.78 is 19.5. The molecule has 0 radical (unpaired) electrons. The number of carbonyl (C=O) groups excluding carboxylic acids is 1. The van der Waals surface area contributed by atoms with Crippen molar-refractivity contribution in [3.05, 3.63) is 36.2 Å². The molecule has 11 nitrogen and oxygen atoms in total. The maximum Gasteiger partial charge on any atom is 0.410 e. The minimum absolute atomic E-state index is 0.110. The van der Waals surface area contributed by atoms with Crippen molar-refractivity contribution in [3.63, 3.8) is 0 Å². The second-order valence-corrected chi connectivity index (χ2v) is 20.6. The lowest BCUT2D eigenvalue weighted by molar-refractivity contribution is 0.0266. The van der Waals surface area contributed by atoms with E-state index in [-0.39, 0.29) is 11.5 Å². The summed E-state index contributed by atoms with van der Waals surface area (Å²) >= 11 is 0. The van der Waals surface area contributed by atoms with Gasteiger partial charge in [0.25, 0.3) is 0 Å². The number of hydrogen-bond acceptors (Lipinski definition) is 9. The molecule has 3 aromatic heterocycles. The minimum atomic E-state index is -1.16. The molecule has 0 aliphatic carbocycles. The van der Waals surface area contributed by atoms with Crippen molar-refractivity contribution in [2.24, 2.45) is 5.41 Å². The molecule has 5 heterocycles. The van der Waals surface area contributed by atoms with E-state index in [0.29, 0.717) is 18.3 Å². The third-order valence-corrected chi connectivity index (χ3v) is 10.6. The number of furan rings is 1. The second kappa shape index (κ2) is 11.9. The number of nitrogens with one attached hydrogen (secondary N) is 1. The summed E-state index contributed by atoms with van der Waals surface area (Å²) in [5.41, 5.74) is 3.94. The lowest BCUT2D eigenvalue weighted by Gasteiger charge is -2.39. The first-order chi connectivity index (χ1) is 21.3. The number of amides is 1. The van der Waals surface area contributed by atoms with E-state index in [4.69, 9.17) is 29.0 Å². The van der Waals surface area contributed by atoms with Gasteiger partial charge in [-0.1, -0.05) is 19.6 Å². The van der Waals surface area contributed by atoms with E-state index in [0.717, 1.165) is 91.7 Å². The molecule has 1 N–H and O–H groups in total. The van der Waals surface area contributed by atoms with Crippen LogP contribution in [0.2, 0.25) is 25.7 Å². The van der Waals surface area contributed by atoms with Gasteiger partial charge in [-0.3, -0.25) is 0 Å². The molecule has 2 saturated heterocycles. The summed E-state index contributed by atoms with van der Waals surface area (Å²) in [6, 6.07) is 9.21. The number of aryl methyl sites for hydroxylation is 1. The molecular weight excluding hydrogens is 586 g/mol. The van der Waals surface area contributed by atoms with E-state index in [1.165, 1.54) is 0 Å². The third-order valence-electron chi connectivity index (χ3n) is 8.90. The summed E-state index contributed by atoms with van der Waals surface area (Å²) in [4.78, 5) is 26.6. The van der Waals surface area contributed by atoms with Crippen molar-refractivity contribution >= 4 is 53.6 Å². The summed E-state index contributed by atoms with van der Waals surface area (Å²) in [6.07, 6.45) is 4.40. The number of piperidine rings is 1. The summed E-state index contributed by atoms with van der Waals surface area (Å²) in [6.45, 7) is 19.1. The van der Waals surface area contributed by atoms with Crippen LogP contribution in [0.5, 0.6) is 0 Å². The average Bonchev–Trinajstić information content (AvgIpc) is 3.68. The number of aromatic nitrogens is 4. The van der Waals surface area contributed by atoms with Crippen molar-refractivity contribution in [2.45, 2.75) is 85.0 Å². The Kier molecular flexibility index (Phi) is 8.32. The van der Waals surface area contributed by atoms with Crippen LogP contribution in [0.15, 0.2) is 34.9 Å². The fourth-order valence-corrected chi connectivity index (χ4v) is 7.07. The molecule has 1 amide bonds. The largest absolute Gasteiger partial charge is 0.459 e. The SMILES string of the molecule is Cc1nn(COCC[Si](C)(C)C)c2cc(Nc3nc(N4CCC5(CCN(C(=O)OC(C)(C)C)C5)CC4)c4occc4n3)ccc12. The van der Waals surface area contributed by atoms with Gasteiger partial charge in [0.1, 0.15) is 17.8 Å². The smallest absolute Gasteiger partial charge is 0.410 e. The van der Waals surface area contributed by atoms with Crippen LogP contribution in [0, 0.1) is 12.3 Å². The Hall–Kier alpha value is -3.64. The van der Waals surface area contributed by atoms with E-state index in [9.17, 15) is 4.79 Å². The van der Waals surface area contributed by atoms with Gasteiger partial charge in [-0.2, -0.15) is 10.1 Å². The van der Waals surface area contributed by atoms with Crippen LogP contribution < -0.4 is 10.2 Å². The first-order valence-corrected chi connectivity index (χ1v) is 19.8. The molecule has 12 heteroatoms. The van der Waals surface area contributed by atoms with E-state index in [2.05, 4.69) is 42.0 Å². The monoisotopic (exact) mass is 633 g/mol. The van der Waals surface area contributed by atoms with Crippen molar-refractivity contribution < 1.29 is 18.7 Å². The van der Waals surface area contributed by atoms with Crippen LogP contribution in [-0.2, 0) is 16.2 Å². The lowest BCUT2D eigenvalue weighted by Crippen LogP contribution is -2.43. The number of nitrogens with zero attached hydrogens (tertiary/aromatic N) is 6. The molecule has 6 rings (SSSR count). The standard InChI is InChI=1S/C33H47N7O4Si/c1-23-25-9-8-24(20-27(25)40(37-23)22-42-18-19-45(5,6)7)34-30-35-26-10-17-43-28(26)29(36-30)38-14-11-33(12-15-38)13-16-39(21-33)31(41)44-32(2,3)4/h8-10,17,20H,11-16,18-19,21-22H2,1-7H3,(H,34,35,36). The molecule has 1 aromatic carbocycles. The number of fused-ring (bicyclic) bond motifs is 2. The molecule has 4 aromatic rings. The summed E-state index contributed by atoms with van der Waals surface area (Å²) in [7, 11) is -1.16. The molecule has 0 saturated carbocycles. The van der Waals surface area contributed by atoms with Crippen LogP contribution >= 0.6 is 0 Å². The first-order valence-electron chi connectivity index (χ1n) is 16.1. The molecule has 2 aliphatic rings. The Morgan fingerprint density at radius 2 is 1.84 bits per heavy atom. The maximum atomic E-state index is 12.7. The molecule has 45 heavy (non-hydrogen) atoms. The van der Waals surface area contributed by atoms with E-state index in [1.54, 1.807) is 6.26 Å². The van der Waals surface area contributed by atoms with Crippen molar-refractivity contribution in [3.8, 4) is 0 Å². The highest BCUT2D eigenvalue weighted by molar-refractivity contribution is 6.76. The van der Waals surface area contributed by atoms with Crippen molar-refractivity contribution in [2.75, 3.05) is 43.0 Å². The number of hydrogen-bond donors (Lipinski definition) is 1. The zero-order valence-electron chi connectivity index (χ0n) is 27.8. The van der Waals surface area contributed by atoms with Crippen molar-refractivity contribution in [1.29, 1.82) is 0 Å². The predicted octanol–water partition coefficient (Wildman–Crippen LogP) is 7.16. The molecule has 1 spiro atoms. The zero-order chi connectivity index (χ0) is 32.0. The van der Waals surface area contributed by atoms with Crippen LogP contribution in [0.25, 0.3) is 22.0 Å². The fraction of sp³-hybridized carbons (Fsp3) is 0.576. The predicted molar refractivity (Wildman–Crippen MR) is 180 cm³/mol. The Balaban J connectivity index is 1.16. The highest BCUT2D eigenvalue weighted by atomic mass is 28.3. The van der Waals surface area contributed by atoms with Crippen molar-refractivity contribution in [1.82, 2.24) is 24.6 Å². The molecule has 242 valence electrons. The molecular formula is C33H47N7O4Si. The van der Waals surface area contributed by atoms with Gasteiger partial charge in [0.15, 0.2) is 11.4 Å². The normalized spacial score (nSPS) is 17.1. The average molecular weight is 634 g/mol. The second-order valence-electron chi connectivity index (χ2n) is 14.9. The Bertz CT molecular complexity index is 1680. The minimum Gasteiger partial charge on any atom is -0.459 e. The molecule has 2 aliphatic heterocycles. The van der Waals surface area contributed by atoms with E-state index >= 15 is 0 Å². The van der Waals surface area contributed by atoms with Gasteiger partial charge >= 0.3 is 6.09 Å². The van der Waals surface area contributed by atoms with Gasteiger partial charge in [0, 0.05) is 58.0 Å². The van der Waals surface area contributed by atoms with Crippen LogP contribution in [0.4, 0.5) is 22.2 Å². The van der Waals surface area contributed by atoms with Gasteiger partial charge in [0.2, 0.25) is 5.95 Å². The van der Waals surface area contributed by atoms with Gasteiger partial charge in [-0.15, -0.1) is 0 Å². The lowest BCUT2D eigenvalue weighted by atomic mass is 9.78. The topological polar surface area (TPSA) is 111 Å².